The molecule has 0 aliphatic carbocycles. The van der Waals surface area contributed by atoms with E-state index in [1.54, 1.807) is 13.1 Å². The van der Waals surface area contributed by atoms with Crippen LogP contribution in [-0.2, 0) is 13.0 Å². The van der Waals surface area contributed by atoms with Crippen molar-refractivity contribution in [2.45, 2.75) is 19.9 Å². The van der Waals surface area contributed by atoms with Gasteiger partial charge in [-0.2, -0.15) is 4.98 Å². The molecular formula is C9H11ClN4OS. The van der Waals surface area contributed by atoms with E-state index < -0.39 is 0 Å². The van der Waals surface area contributed by atoms with E-state index in [2.05, 4.69) is 20.4 Å². The van der Waals surface area contributed by atoms with E-state index in [0.29, 0.717) is 16.8 Å². The third-order valence-electron chi connectivity index (χ3n) is 1.90. The predicted octanol–water partition coefficient (Wildman–Crippen LogP) is 1.82. The van der Waals surface area contributed by atoms with Gasteiger partial charge in [-0.25, -0.2) is 4.98 Å². The fourth-order valence-electron chi connectivity index (χ4n) is 1.21. The number of aryl methyl sites for hydroxylation is 1. The molecule has 5 nitrogen and oxygen atoms in total. The monoisotopic (exact) mass is 258 g/mol. The minimum Gasteiger partial charge on any atom is -0.340 e. The summed E-state index contributed by atoms with van der Waals surface area (Å²) in [7, 11) is 0. The minimum absolute atomic E-state index is 0.599. The molecule has 0 bridgehead atoms. The van der Waals surface area contributed by atoms with Gasteiger partial charge in [-0.1, -0.05) is 16.8 Å². The number of thiazole rings is 1. The molecule has 0 aliphatic heterocycles. The van der Waals surface area contributed by atoms with Crippen molar-refractivity contribution in [2.75, 3.05) is 6.54 Å². The summed E-state index contributed by atoms with van der Waals surface area (Å²) in [6, 6.07) is 0. The van der Waals surface area contributed by atoms with E-state index in [-0.39, 0.29) is 0 Å². The second-order valence-electron chi connectivity index (χ2n) is 3.21. The highest BCUT2D eigenvalue weighted by atomic mass is 35.5. The van der Waals surface area contributed by atoms with Crippen molar-refractivity contribution in [3.8, 4) is 0 Å². The lowest BCUT2D eigenvalue weighted by Crippen LogP contribution is -2.17. The van der Waals surface area contributed by atoms with Crippen molar-refractivity contribution in [1.82, 2.24) is 20.4 Å². The van der Waals surface area contributed by atoms with Gasteiger partial charge in [0.25, 0.3) is 0 Å². The average molecular weight is 259 g/mol. The molecule has 0 fully saturated rings. The molecule has 0 amide bonds. The zero-order valence-corrected chi connectivity index (χ0v) is 10.3. The summed E-state index contributed by atoms with van der Waals surface area (Å²) in [4.78, 5) is 8.25. The standard InChI is InChI=1S/C9H11ClN4OS/c1-6-13-8(14-15-6)2-3-11-5-9-12-4-7(10)16-9/h4,11H,2-3,5H2,1H3. The van der Waals surface area contributed by atoms with Crippen LogP contribution in [0.1, 0.15) is 16.7 Å². The van der Waals surface area contributed by atoms with E-state index in [0.717, 1.165) is 23.8 Å². The first-order valence-electron chi connectivity index (χ1n) is 4.84. The van der Waals surface area contributed by atoms with Gasteiger partial charge >= 0.3 is 0 Å². The Morgan fingerprint density at radius 2 is 2.44 bits per heavy atom. The van der Waals surface area contributed by atoms with Gasteiger partial charge in [0.15, 0.2) is 5.82 Å². The lowest BCUT2D eigenvalue weighted by Gasteiger charge is -1.98. The van der Waals surface area contributed by atoms with Crippen LogP contribution in [-0.4, -0.2) is 21.7 Å². The minimum atomic E-state index is 0.599. The first-order chi connectivity index (χ1) is 7.74. The molecular weight excluding hydrogens is 248 g/mol. The number of halogens is 1. The molecule has 0 spiro atoms. The summed E-state index contributed by atoms with van der Waals surface area (Å²) in [5, 5.41) is 8.03. The second kappa shape index (κ2) is 5.38. The van der Waals surface area contributed by atoms with Crippen molar-refractivity contribution < 1.29 is 4.52 Å². The SMILES string of the molecule is Cc1nc(CCNCc2ncc(Cl)s2)no1. The summed E-state index contributed by atoms with van der Waals surface area (Å²) in [6.45, 7) is 3.28. The van der Waals surface area contributed by atoms with Crippen molar-refractivity contribution in [2.24, 2.45) is 0 Å². The van der Waals surface area contributed by atoms with Gasteiger partial charge in [0.05, 0.1) is 6.20 Å². The van der Waals surface area contributed by atoms with E-state index >= 15 is 0 Å². The Balaban J connectivity index is 1.69. The molecule has 2 rings (SSSR count). The first kappa shape index (κ1) is 11.5. The topological polar surface area (TPSA) is 63.8 Å². The average Bonchev–Trinajstić information content (AvgIpc) is 2.83. The highest BCUT2D eigenvalue weighted by Gasteiger charge is 2.02. The fraction of sp³-hybridized carbons (Fsp3) is 0.444. The van der Waals surface area contributed by atoms with Gasteiger partial charge in [0.2, 0.25) is 5.89 Å². The molecule has 2 aromatic heterocycles. The Kier molecular flexibility index (Phi) is 3.87. The Morgan fingerprint density at radius 1 is 1.56 bits per heavy atom. The van der Waals surface area contributed by atoms with Crippen LogP contribution in [0, 0.1) is 6.92 Å². The molecule has 0 unspecified atom stereocenters. The summed E-state index contributed by atoms with van der Waals surface area (Å²) in [5.74, 6) is 1.32. The quantitative estimate of drug-likeness (QED) is 0.829. The van der Waals surface area contributed by atoms with E-state index in [1.165, 1.54) is 11.3 Å². The lowest BCUT2D eigenvalue weighted by atomic mass is 10.4. The number of nitrogens with zero attached hydrogens (tertiary/aromatic N) is 3. The Hall–Kier alpha value is -0.980. The molecule has 2 aromatic rings. The highest BCUT2D eigenvalue weighted by molar-refractivity contribution is 7.15. The molecule has 1 N–H and O–H groups in total. The third-order valence-corrected chi connectivity index (χ3v) is 3.01. The summed E-state index contributed by atoms with van der Waals surface area (Å²) >= 11 is 7.25. The third kappa shape index (κ3) is 3.26. The molecule has 7 heteroatoms. The highest BCUT2D eigenvalue weighted by Crippen LogP contribution is 2.17. The van der Waals surface area contributed by atoms with E-state index in [9.17, 15) is 0 Å². The van der Waals surface area contributed by atoms with Crippen LogP contribution in [0.2, 0.25) is 4.34 Å². The van der Waals surface area contributed by atoms with Crippen molar-refractivity contribution >= 4 is 22.9 Å². The number of rotatable bonds is 5. The van der Waals surface area contributed by atoms with Crippen molar-refractivity contribution in [1.29, 1.82) is 0 Å². The summed E-state index contributed by atoms with van der Waals surface area (Å²) in [5.41, 5.74) is 0. The van der Waals surface area contributed by atoms with Crippen LogP contribution in [0.15, 0.2) is 10.7 Å². The fourth-order valence-corrected chi connectivity index (χ4v) is 2.13. The van der Waals surface area contributed by atoms with Gasteiger partial charge < -0.3 is 9.84 Å². The maximum atomic E-state index is 5.77. The molecule has 0 aromatic carbocycles. The molecule has 0 saturated heterocycles. The smallest absolute Gasteiger partial charge is 0.223 e. The molecule has 0 saturated carbocycles. The predicted molar refractivity (Wildman–Crippen MR) is 61.6 cm³/mol. The van der Waals surface area contributed by atoms with Crippen LogP contribution < -0.4 is 5.32 Å². The van der Waals surface area contributed by atoms with Gasteiger partial charge in [0.1, 0.15) is 9.34 Å². The molecule has 16 heavy (non-hydrogen) atoms. The second-order valence-corrected chi connectivity index (χ2v) is 4.96. The Labute approximate surface area is 102 Å². The Bertz CT molecular complexity index is 414. The number of aromatic nitrogens is 3. The van der Waals surface area contributed by atoms with Crippen LogP contribution in [0.3, 0.4) is 0 Å². The maximum Gasteiger partial charge on any atom is 0.223 e. The van der Waals surface area contributed by atoms with Gasteiger partial charge in [-0.05, 0) is 0 Å². The maximum absolute atomic E-state index is 5.77. The van der Waals surface area contributed by atoms with Crippen molar-refractivity contribution in [3.63, 3.8) is 0 Å². The summed E-state index contributed by atoms with van der Waals surface area (Å²) < 4.78 is 5.58. The number of nitrogens with one attached hydrogen (secondary N) is 1. The number of hydrogen-bond acceptors (Lipinski definition) is 6. The molecule has 0 radical (unpaired) electrons. The first-order valence-corrected chi connectivity index (χ1v) is 6.03. The Morgan fingerprint density at radius 3 is 3.06 bits per heavy atom. The van der Waals surface area contributed by atoms with Gasteiger partial charge in [0, 0.05) is 26.4 Å². The van der Waals surface area contributed by atoms with Crippen LogP contribution in [0.25, 0.3) is 0 Å². The van der Waals surface area contributed by atoms with Crippen molar-refractivity contribution in [3.05, 3.63) is 27.3 Å². The van der Waals surface area contributed by atoms with E-state index in [1.807, 2.05) is 0 Å². The zero-order valence-electron chi connectivity index (χ0n) is 8.73. The number of hydrogen-bond donors (Lipinski definition) is 1. The van der Waals surface area contributed by atoms with Crippen LogP contribution in [0.4, 0.5) is 0 Å². The van der Waals surface area contributed by atoms with E-state index in [4.69, 9.17) is 16.1 Å². The zero-order chi connectivity index (χ0) is 11.4. The lowest BCUT2D eigenvalue weighted by molar-refractivity contribution is 0.387. The molecule has 0 atom stereocenters. The van der Waals surface area contributed by atoms with Crippen LogP contribution >= 0.6 is 22.9 Å². The molecule has 0 aliphatic rings. The summed E-state index contributed by atoms with van der Waals surface area (Å²) in [6.07, 6.45) is 2.40. The van der Waals surface area contributed by atoms with Crippen LogP contribution in [0.5, 0.6) is 0 Å². The van der Waals surface area contributed by atoms with Gasteiger partial charge in [-0.3, -0.25) is 0 Å². The largest absolute Gasteiger partial charge is 0.340 e. The molecule has 2 heterocycles. The normalized spacial score (nSPS) is 10.9. The van der Waals surface area contributed by atoms with Gasteiger partial charge in [-0.15, -0.1) is 11.3 Å². The molecule has 86 valence electrons.